The molecule has 0 radical (unpaired) electrons. The Kier molecular flexibility index (Phi) is 4.50. The van der Waals surface area contributed by atoms with Gasteiger partial charge in [0.2, 0.25) is 5.91 Å². The molecule has 0 aromatic carbocycles. The van der Waals surface area contributed by atoms with Gasteiger partial charge in [-0.1, -0.05) is 5.16 Å². The molecule has 0 N–H and O–H groups in total. The number of nitrogens with zero attached hydrogens (tertiary/aromatic N) is 4. The van der Waals surface area contributed by atoms with E-state index in [0.29, 0.717) is 6.42 Å². The molecule has 0 aliphatic carbocycles. The largest absolute Gasteiger partial charge is 0.361 e. The second-order valence-electron chi connectivity index (χ2n) is 6.46. The molecule has 3 rings (SSSR count). The maximum Gasteiger partial charge on any atom is 0.227 e. The van der Waals surface area contributed by atoms with Crippen LogP contribution >= 0.6 is 0 Å². The van der Waals surface area contributed by atoms with Gasteiger partial charge >= 0.3 is 0 Å². The highest BCUT2D eigenvalue weighted by atomic mass is 16.5. The monoisotopic (exact) mass is 316 g/mol. The van der Waals surface area contributed by atoms with Gasteiger partial charge in [0, 0.05) is 18.3 Å². The van der Waals surface area contributed by atoms with Crippen molar-refractivity contribution < 1.29 is 9.32 Å². The fraction of sp³-hybridized carbons (Fsp3) is 0.588. The van der Waals surface area contributed by atoms with Crippen LogP contribution in [-0.2, 0) is 17.8 Å². The Morgan fingerprint density at radius 2 is 2.17 bits per heavy atom. The third-order valence-electron chi connectivity index (χ3n) is 4.62. The van der Waals surface area contributed by atoms with E-state index in [1.807, 2.05) is 42.7 Å². The molecule has 1 amide bonds. The zero-order valence-corrected chi connectivity index (χ0v) is 14.1. The van der Waals surface area contributed by atoms with Gasteiger partial charge < -0.3 is 9.42 Å². The first-order valence-corrected chi connectivity index (χ1v) is 8.25. The van der Waals surface area contributed by atoms with Crippen molar-refractivity contribution in [2.24, 2.45) is 0 Å². The fourth-order valence-corrected chi connectivity index (χ4v) is 3.31. The number of aryl methyl sites for hydroxylation is 3. The van der Waals surface area contributed by atoms with Crippen LogP contribution in [0.3, 0.4) is 0 Å². The van der Waals surface area contributed by atoms with E-state index in [2.05, 4.69) is 10.3 Å². The number of likely N-dealkylation sites (tertiary alicyclic amines) is 1. The van der Waals surface area contributed by atoms with E-state index in [1.165, 1.54) is 6.42 Å². The molecule has 3 heterocycles. The lowest BCUT2D eigenvalue weighted by Crippen LogP contribution is -2.46. The van der Waals surface area contributed by atoms with E-state index < -0.39 is 0 Å². The molecule has 1 aliphatic rings. The van der Waals surface area contributed by atoms with Crippen molar-refractivity contribution in [1.82, 2.24) is 19.8 Å². The van der Waals surface area contributed by atoms with Crippen LogP contribution in [0.5, 0.6) is 0 Å². The van der Waals surface area contributed by atoms with E-state index in [-0.39, 0.29) is 11.9 Å². The van der Waals surface area contributed by atoms with E-state index in [0.717, 1.165) is 48.5 Å². The van der Waals surface area contributed by atoms with Gasteiger partial charge in [0.1, 0.15) is 5.76 Å². The van der Waals surface area contributed by atoms with Gasteiger partial charge in [-0.3, -0.25) is 9.48 Å². The summed E-state index contributed by atoms with van der Waals surface area (Å²) in [6, 6.07) is 0.219. The fourth-order valence-electron chi connectivity index (χ4n) is 3.31. The average molecular weight is 316 g/mol. The second kappa shape index (κ2) is 6.56. The molecule has 1 aliphatic heterocycles. The number of hydrogen-bond donors (Lipinski definition) is 0. The predicted octanol–water partition coefficient (Wildman–Crippen LogP) is 2.42. The Balaban J connectivity index is 1.71. The minimum atomic E-state index is 0.160. The van der Waals surface area contributed by atoms with E-state index in [4.69, 9.17) is 4.52 Å². The zero-order valence-electron chi connectivity index (χ0n) is 14.1. The summed E-state index contributed by atoms with van der Waals surface area (Å²) in [6.07, 6.45) is 7.54. The standard InChI is InChI=1S/C17H24N4O2/c1-12-9-18-20(10-12)11-15-6-4-5-7-21(15)17(22)8-16-13(2)19-23-14(16)3/h9-10,15H,4-8,11H2,1-3H3. The lowest BCUT2D eigenvalue weighted by Gasteiger charge is -2.35. The summed E-state index contributed by atoms with van der Waals surface area (Å²) < 4.78 is 7.12. The summed E-state index contributed by atoms with van der Waals surface area (Å²) in [5.41, 5.74) is 2.88. The molecule has 2 aromatic rings. The highest BCUT2D eigenvalue weighted by Gasteiger charge is 2.28. The van der Waals surface area contributed by atoms with Crippen LogP contribution < -0.4 is 0 Å². The molecule has 2 aromatic heterocycles. The highest BCUT2D eigenvalue weighted by Crippen LogP contribution is 2.21. The number of hydrogen-bond acceptors (Lipinski definition) is 4. The minimum Gasteiger partial charge on any atom is -0.361 e. The number of amides is 1. The molecule has 6 nitrogen and oxygen atoms in total. The topological polar surface area (TPSA) is 64.2 Å². The molecular formula is C17H24N4O2. The number of aromatic nitrogens is 3. The summed E-state index contributed by atoms with van der Waals surface area (Å²) in [5.74, 6) is 0.903. The molecule has 0 bridgehead atoms. The van der Waals surface area contributed by atoms with Gasteiger partial charge in [0.25, 0.3) is 0 Å². The lowest BCUT2D eigenvalue weighted by molar-refractivity contribution is -0.134. The Morgan fingerprint density at radius 3 is 2.83 bits per heavy atom. The van der Waals surface area contributed by atoms with Crippen molar-refractivity contribution in [2.75, 3.05) is 6.54 Å². The first-order valence-electron chi connectivity index (χ1n) is 8.25. The highest BCUT2D eigenvalue weighted by molar-refractivity contribution is 5.79. The molecule has 1 atom stereocenters. The Labute approximate surface area is 136 Å². The second-order valence-corrected chi connectivity index (χ2v) is 6.46. The van der Waals surface area contributed by atoms with E-state index in [1.54, 1.807) is 0 Å². The van der Waals surface area contributed by atoms with Gasteiger partial charge in [-0.15, -0.1) is 0 Å². The third-order valence-corrected chi connectivity index (χ3v) is 4.62. The zero-order chi connectivity index (χ0) is 16.4. The number of rotatable bonds is 4. The smallest absolute Gasteiger partial charge is 0.227 e. The Morgan fingerprint density at radius 1 is 1.35 bits per heavy atom. The molecule has 0 saturated carbocycles. The average Bonchev–Trinajstić information content (AvgIpc) is 3.08. The van der Waals surface area contributed by atoms with Crippen molar-refractivity contribution in [1.29, 1.82) is 0 Å². The third kappa shape index (κ3) is 3.46. The number of carbonyl (C=O) groups is 1. The minimum absolute atomic E-state index is 0.160. The quantitative estimate of drug-likeness (QED) is 0.869. The van der Waals surface area contributed by atoms with Crippen LogP contribution in [0, 0.1) is 20.8 Å². The predicted molar refractivity (Wildman–Crippen MR) is 86.0 cm³/mol. The maximum absolute atomic E-state index is 12.8. The Hall–Kier alpha value is -2.11. The molecule has 124 valence electrons. The summed E-state index contributed by atoms with van der Waals surface area (Å²) in [5, 5.41) is 8.31. The first kappa shape index (κ1) is 15.8. The van der Waals surface area contributed by atoms with Gasteiger partial charge in [-0.25, -0.2) is 0 Å². The van der Waals surface area contributed by atoms with Gasteiger partial charge in [0.15, 0.2) is 0 Å². The van der Waals surface area contributed by atoms with Crippen molar-refractivity contribution in [3.8, 4) is 0 Å². The van der Waals surface area contributed by atoms with Crippen LogP contribution in [0.4, 0.5) is 0 Å². The van der Waals surface area contributed by atoms with Gasteiger partial charge in [-0.05, 0) is 45.6 Å². The van der Waals surface area contributed by atoms with Gasteiger partial charge in [0.05, 0.1) is 30.9 Å². The lowest BCUT2D eigenvalue weighted by atomic mass is 10.0. The Bertz CT molecular complexity index is 669. The molecule has 1 fully saturated rings. The van der Waals surface area contributed by atoms with Crippen LogP contribution in [0.25, 0.3) is 0 Å². The summed E-state index contributed by atoms with van der Waals surface area (Å²) in [7, 11) is 0. The van der Waals surface area contributed by atoms with Crippen LogP contribution in [0.2, 0.25) is 0 Å². The van der Waals surface area contributed by atoms with Gasteiger partial charge in [-0.2, -0.15) is 5.10 Å². The van der Waals surface area contributed by atoms with E-state index >= 15 is 0 Å². The molecule has 0 spiro atoms. The SMILES string of the molecule is Cc1cnn(CC2CCCCN2C(=O)Cc2c(C)noc2C)c1. The van der Waals surface area contributed by atoms with E-state index in [9.17, 15) is 4.79 Å². The maximum atomic E-state index is 12.8. The van der Waals surface area contributed by atoms with Crippen LogP contribution in [0.15, 0.2) is 16.9 Å². The number of carbonyl (C=O) groups excluding carboxylic acids is 1. The van der Waals surface area contributed by atoms with Crippen LogP contribution in [0.1, 0.15) is 41.8 Å². The summed E-state index contributed by atoms with van der Waals surface area (Å²) in [6.45, 7) is 7.38. The number of piperidine rings is 1. The van der Waals surface area contributed by atoms with Crippen molar-refractivity contribution in [3.63, 3.8) is 0 Å². The first-order chi connectivity index (χ1) is 11.0. The van der Waals surface area contributed by atoms with Crippen molar-refractivity contribution in [2.45, 2.75) is 59.0 Å². The molecular weight excluding hydrogens is 292 g/mol. The molecule has 1 unspecified atom stereocenters. The molecule has 23 heavy (non-hydrogen) atoms. The normalized spacial score (nSPS) is 18.4. The molecule has 1 saturated heterocycles. The summed E-state index contributed by atoms with van der Waals surface area (Å²) >= 11 is 0. The van der Waals surface area contributed by atoms with Crippen molar-refractivity contribution >= 4 is 5.91 Å². The summed E-state index contributed by atoms with van der Waals surface area (Å²) in [4.78, 5) is 14.8. The molecule has 6 heteroatoms. The van der Waals surface area contributed by atoms with Crippen LogP contribution in [-0.4, -0.2) is 38.3 Å². The van der Waals surface area contributed by atoms with Crippen molar-refractivity contribution in [3.05, 3.63) is 35.0 Å².